The van der Waals surface area contributed by atoms with E-state index >= 15 is 0 Å². The van der Waals surface area contributed by atoms with E-state index in [1.54, 1.807) is 0 Å². The molecule has 1 aromatic carbocycles. The Kier molecular flexibility index (Phi) is 5.40. The van der Waals surface area contributed by atoms with Crippen molar-refractivity contribution < 1.29 is 14.6 Å². The molecule has 3 rings (SSSR count). The van der Waals surface area contributed by atoms with E-state index in [1.807, 2.05) is 48.6 Å². The molecule has 2 saturated heterocycles. The van der Waals surface area contributed by atoms with Gasteiger partial charge in [0.15, 0.2) is 5.79 Å². The summed E-state index contributed by atoms with van der Waals surface area (Å²) in [4.78, 5) is 0. The van der Waals surface area contributed by atoms with E-state index < -0.39 is 5.79 Å². The van der Waals surface area contributed by atoms with E-state index in [0.29, 0.717) is 19.6 Å². The molecule has 1 N–H and O–H groups in total. The maximum absolute atomic E-state index is 10.7. The summed E-state index contributed by atoms with van der Waals surface area (Å²) in [5, 5.41) is 10.7. The second-order valence-electron chi connectivity index (χ2n) is 6.03. The molecule has 2 heterocycles. The zero-order valence-electron chi connectivity index (χ0n) is 13.0. The van der Waals surface area contributed by atoms with Crippen LogP contribution in [0.4, 0.5) is 0 Å². The molecule has 3 nitrogen and oxygen atoms in total. The normalized spacial score (nSPS) is 30.7. The lowest BCUT2D eigenvalue weighted by Crippen LogP contribution is -2.50. The lowest BCUT2D eigenvalue weighted by atomic mass is 9.98. The second-order valence-corrected chi connectivity index (χ2v) is 9.24. The first-order valence-corrected chi connectivity index (χ1v) is 9.90. The van der Waals surface area contributed by atoms with E-state index in [0.717, 1.165) is 12.8 Å². The average molecular weight is 341 g/mol. The van der Waals surface area contributed by atoms with E-state index in [-0.39, 0.29) is 10.2 Å². The van der Waals surface area contributed by atoms with Crippen LogP contribution in [0.5, 0.6) is 0 Å². The fraction of sp³-hybridized carbons (Fsp3) is 0.647. The van der Waals surface area contributed by atoms with Crippen LogP contribution in [0, 0.1) is 0 Å². The molecule has 1 aromatic rings. The van der Waals surface area contributed by atoms with Crippen LogP contribution in [-0.4, -0.2) is 39.2 Å². The number of benzene rings is 1. The summed E-state index contributed by atoms with van der Waals surface area (Å²) in [6.45, 7) is 3.13. The highest BCUT2D eigenvalue weighted by atomic mass is 32.2. The molecule has 0 bridgehead atoms. The van der Waals surface area contributed by atoms with E-state index in [1.165, 1.54) is 17.1 Å². The summed E-state index contributed by atoms with van der Waals surface area (Å²) < 4.78 is 11.9. The Morgan fingerprint density at radius 1 is 1.27 bits per heavy atom. The summed E-state index contributed by atoms with van der Waals surface area (Å²) >= 11 is 3.97. The topological polar surface area (TPSA) is 38.7 Å². The van der Waals surface area contributed by atoms with Gasteiger partial charge >= 0.3 is 0 Å². The van der Waals surface area contributed by atoms with Crippen molar-refractivity contribution in [2.75, 3.05) is 18.1 Å². The SMILES string of the molecule is CC[C@]1(O)CC2(C[C@H](COCc3ccccc3)O1)SCCS2. The van der Waals surface area contributed by atoms with Gasteiger partial charge in [-0.3, -0.25) is 0 Å². The largest absolute Gasteiger partial charge is 0.374 e. The standard InChI is InChI=1S/C17H24O3S2/c1-2-16(18)13-17(21-8-9-22-17)10-15(20-16)12-19-11-14-6-4-3-5-7-14/h3-7,15,18H,2,8-13H2,1H3/t15-,16-/m1/s1. The predicted octanol–water partition coefficient (Wildman–Crippen LogP) is 3.66. The summed E-state index contributed by atoms with van der Waals surface area (Å²) in [6.07, 6.45) is 2.28. The van der Waals surface area contributed by atoms with Crippen molar-refractivity contribution in [1.29, 1.82) is 0 Å². The minimum Gasteiger partial charge on any atom is -0.374 e. The third-order valence-electron chi connectivity index (χ3n) is 4.25. The lowest BCUT2D eigenvalue weighted by molar-refractivity contribution is -0.263. The van der Waals surface area contributed by atoms with Gasteiger partial charge in [0.2, 0.25) is 0 Å². The Hall–Kier alpha value is -0.200. The smallest absolute Gasteiger partial charge is 0.167 e. The Balaban J connectivity index is 1.57. The number of hydrogen-bond donors (Lipinski definition) is 1. The third kappa shape index (κ3) is 4.01. The average Bonchev–Trinajstić information content (AvgIpc) is 2.95. The Morgan fingerprint density at radius 3 is 2.68 bits per heavy atom. The van der Waals surface area contributed by atoms with Crippen LogP contribution in [-0.2, 0) is 16.1 Å². The molecule has 2 fully saturated rings. The fourth-order valence-electron chi connectivity index (χ4n) is 3.13. The number of hydrogen-bond acceptors (Lipinski definition) is 5. The van der Waals surface area contributed by atoms with Gasteiger partial charge < -0.3 is 14.6 Å². The lowest BCUT2D eigenvalue weighted by Gasteiger charge is -2.45. The summed E-state index contributed by atoms with van der Waals surface area (Å²) in [6, 6.07) is 10.2. The van der Waals surface area contributed by atoms with Crippen molar-refractivity contribution in [3.63, 3.8) is 0 Å². The van der Waals surface area contributed by atoms with E-state index in [4.69, 9.17) is 9.47 Å². The minimum atomic E-state index is -0.997. The molecule has 2 atom stereocenters. The van der Waals surface area contributed by atoms with Crippen LogP contribution in [0.2, 0.25) is 0 Å². The van der Waals surface area contributed by atoms with Crippen molar-refractivity contribution in [3.05, 3.63) is 35.9 Å². The molecular weight excluding hydrogens is 316 g/mol. The first-order valence-electron chi connectivity index (χ1n) is 7.93. The van der Waals surface area contributed by atoms with Crippen molar-refractivity contribution in [2.45, 2.75) is 48.8 Å². The third-order valence-corrected chi connectivity index (χ3v) is 7.71. The quantitative estimate of drug-likeness (QED) is 0.885. The van der Waals surface area contributed by atoms with Gasteiger partial charge in [-0.2, -0.15) is 0 Å². The highest BCUT2D eigenvalue weighted by Gasteiger charge is 2.50. The summed E-state index contributed by atoms with van der Waals surface area (Å²) in [5.41, 5.74) is 1.17. The molecule has 22 heavy (non-hydrogen) atoms. The van der Waals surface area contributed by atoms with Crippen molar-refractivity contribution in [2.24, 2.45) is 0 Å². The predicted molar refractivity (Wildman–Crippen MR) is 93.1 cm³/mol. The van der Waals surface area contributed by atoms with Crippen LogP contribution >= 0.6 is 23.5 Å². The van der Waals surface area contributed by atoms with Gasteiger partial charge in [-0.25, -0.2) is 0 Å². The Labute approximate surface area is 141 Å². The van der Waals surface area contributed by atoms with Gasteiger partial charge in [0.25, 0.3) is 0 Å². The second kappa shape index (κ2) is 7.14. The summed E-state index contributed by atoms with van der Waals surface area (Å²) in [5.74, 6) is 1.34. The number of thioether (sulfide) groups is 2. The molecule has 2 aliphatic heterocycles. The monoisotopic (exact) mass is 340 g/mol. The molecule has 0 unspecified atom stereocenters. The van der Waals surface area contributed by atoms with Crippen LogP contribution in [0.15, 0.2) is 30.3 Å². The first-order chi connectivity index (χ1) is 10.6. The first kappa shape index (κ1) is 16.7. The number of aliphatic hydroxyl groups is 1. The number of ether oxygens (including phenoxy) is 2. The minimum absolute atomic E-state index is 0.0273. The zero-order chi connectivity index (χ0) is 15.5. The highest BCUT2D eigenvalue weighted by Crippen LogP contribution is 2.55. The molecule has 0 amide bonds. The molecule has 0 saturated carbocycles. The molecule has 2 aliphatic rings. The molecule has 0 aliphatic carbocycles. The highest BCUT2D eigenvalue weighted by molar-refractivity contribution is 8.21. The molecule has 5 heteroatoms. The van der Waals surface area contributed by atoms with Crippen LogP contribution in [0.1, 0.15) is 31.7 Å². The Bertz CT molecular complexity index is 476. The Morgan fingerprint density at radius 2 is 2.00 bits per heavy atom. The molecule has 122 valence electrons. The molecular formula is C17H24O3S2. The maximum atomic E-state index is 10.7. The molecule has 0 aromatic heterocycles. The molecule has 1 spiro atoms. The maximum Gasteiger partial charge on any atom is 0.167 e. The van der Waals surface area contributed by atoms with Crippen LogP contribution in [0.3, 0.4) is 0 Å². The van der Waals surface area contributed by atoms with Gasteiger partial charge in [-0.15, -0.1) is 23.5 Å². The summed E-state index contributed by atoms with van der Waals surface area (Å²) in [7, 11) is 0. The van der Waals surface area contributed by atoms with Crippen molar-refractivity contribution >= 4 is 23.5 Å². The van der Waals surface area contributed by atoms with Gasteiger partial charge in [0.1, 0.15) is 0 Å². The van der Waals surface area contributed by atoms with Crippen LogP contribution < -0.4 is 0 Å². The van der Waals surface area contributed by atoms with Crippen LogP contribution in [0.25, 0.3) is 0 Å². The van der Waals surface area contributed by atoms with E-state index in [9.17, 15) is 5.11 Å². The number of rotatable bonds is 5. The van der Waals surface area contributed by atoms with Gasteiger partial charge in [-0.1, -0.05) is 37.3 Å². The fourth-order valence-corrected chi connectivity index (χ4v) is 6.64. The van der Waals surface area contributed by atoms with Crippen molar-refractivity contribution in [3.8, 4) is 0 Å². The zero-order valence-corrected chi connectivity index (χ0v) is 14.6. The molecule has 0 radical (unpaired) electrons. The van der Waals surface area contributed by atoms with Gasteiger partial charge in [0.05, 0.1) is 23.4 Å². The van der Waals surface area contributed by atoms with Gasteiger partial charge in [0, 0.05) is 17.9 Å². The van der Waals surface area contributed by atoms with E-state index in [2.05, 4.69) is 12.1 Å². The van der Waals surface area contributed by atoms with Gasteiger partial charge in [-0.05, 0) is 18.4 Å². The van der Waals surface area contributed by atoms with Crippen molar-refractivity contribution in [1.82, 2.24) is 0 Å².